The van der Waals surface area contributed by atoms with Crippen LogP contribution in [0.4, 0.5) is 0 Å². The molecule has 0 atom stereocenters. The normalized spacial score (nSPS) is 13.4. The molecule has 0 fully saturated rings. The standard InChI is InChI=1S/C19H21ClN2O2S/c1-21(12-14-3-2-4-16(20)11-14)18(23)5-6-19(24)22-9-7-17-15(13-22)8-10-25-17/h2-4,8,10-11H,5-7,9,12-13H2,1H3. The fourth-order valence-electron chi connectivity index (χ4n) is 3.02. The summed E-state index contributed by atoms with van der Waals surface area (Å²) in [6.45, 7) is 1.92. The molecule has 0 N–H and O–H groups in total. The van der Waals surface area contributed by atoms with Crippen LogP contribution in [0.25, 0.3) is 0 Å². The molecule has 0 saturated carbocycles. The van der Waals surface area contributed by atoms with E-state index in [1.807, 2.05) is 29.2 Å². The van der Waals surface area contributed by atoms with Gasteiger partial charge in [-0.15, -0.1) is 11.3 Å². The second kappa shape index (κ2) is 8.02. The van der Waals surface area contributed by atoms with Crippen molar-refractivity contribution in [3.8, 4) is 0 Å². The number of carbonyl (C=O) groups is 2. The fraction of sp³-hybridized carbons (Fsp3) is 0.368. The van der Waals surface area contributed by atoms with Crippen molar-refractivity contribution in [2.45, 2.75) is 32.4 Å². The molecule has 2 aromatic rings. The maximum atomic E-state index is 12.4. The highest BCUT2D eigenvalue weighted by Gasteiger charge is 2.22. The Morgan fingerprint density at radius 1 is 1.28 bits per heavy atom. The molecule has 0 bridgehead atoms. The third-order valence-corrected chi connectivity index (χ3v) is 5.71. The van der Waals surface area contributed by atoms with E-state index in [0.717, 1.165) is 18.5 Å². The summed E-state index contributed by atoms with van der Waals surface area (Å²) in [7, 11) is 1.76. The number of halogens is 1. The SMILES string of the molecule is CN(Cc1cccc(Cl)c1)C(=O)CCC(=O)N1CCc2sccc2C1. The number of thiophene rings is 1. The third kappa shape index (κ3) is 4.61. The molecule has 132 valence electrons. The van der Waals surface area contributed by atoms with Crippen LogP contribution >= 0.6 is 22.9 Å². The Kier molecular flexibility index (Phi) is 5.76. The van der Waals surface area contributed by atoms with Gasteiger partial charge in [0.15, 0.2) is 0 Å². The van der Waals surface area contributed by atoms with Crippen LogP contribution in [-0.4, -0.2) is 35.2 Å². The molecule has 2 heterocycles. The number of carbonyl (C=O) groups excluding carboxylic acids is 2. The van der Waals surface area contributed by atoms with Crippen LogP contribution in [0.1, 0.15) is 28.8 Å². The van der Waals surface area contributed by atoms with Crippen LogP contribution in [0.15, 0.2) is 35.7 Å². The van der Waals surface area contributed by atoms with Gasteiger partial charge in [0.1, 0.15) is 0 Å². The summed E-state index contributed by atoms with van der Waals surface area (Å²) in [4.78, 5) is 29.6. The topological polar surface area (TPSA) is 40.6 Å². The van der Waals surface area contributed by atoms with Gasteiger partial charge < -0.3 is 9.80 Å². The fourth-order valence-corrected chi connectivity index (χ4v) is 4.12. The number of hydrogen-bond acceptors (Lipinski definition) is 3. The Hall–Kier alpha value is -1.85. The monoisotopic (exact) mass is 376 g/mol. The number of fused-ring (bicyclic) bond motifs is 1. The van der Waals surface area contributed by atoms with Crippen LogP contribution in [-0.2, 0) is 29.1 Å². The predicted molar refractivity (Wildman–Crippen MR) is 101 cm³/mol. The van der Waals surface area contributed by atoms with Crippen molar-refractivity contribution >= 4 is 34.8 Å². The summed E-state index contributed by atoms with van der Waals surface area (Å²) < 4.78 is 0. The molecule has 2 amide bonds. The number of amides is 2. The minimum absolute atomic E-state index is 0.0263. The van der Waals surface area contributed by atoms with E-state index in [-0.39, 0.29) is 24.7 Å². The van der Waals surface area contributed by atoms with Gasteiger partial charge in [-0.3, -0.25) is 9.59 Å². The molecular formula is C19H21ClN2O2S. The highest BCUT2D eigenvalue weighted by Crippen LogP contribution is 2.24. The second-order valence-corrected chi connectivity index (χ2v) is 7.75. The van der Waals surface area contributed by atoms with Crippen molar-refractivity contribution in [2.75, 3.05) is 13.6 Å². The van der Waals surface area contributed by atoms with Crippen molar-refractivity contribution in [1.29, 1.82) is 0 Å². The van der Waals surface area contributed by atoms with Crippen molar-refractivity contribution in [3.63, 3.8) is 0 Å². The Bertz CT molecular complexity index is 774. The van der Waals surface area contributed by atoms with E-state index in [1.54, 1.807) is 23.3 Å². The van der Waals surface area contributed by atoms with E-state index >= 15 is 0 Å². The first-order valence-electron chi connectivity index (χ1n) is 8.34. The lowest BCUT2D eigenvalue weighted by molar-refractivity contribution is -0.137. The van der Waals surface area contributed by atoms with Gasteiger partial charge in [-0.05, 0) is 41.1 Å². The first kappa shape index (κ1) is 18.0. The smallest absolute Gasteiger partial charge is 0.223 e. The molecule has 1 aliphatic heterocycles. The van der Waals surface area contributed by atoms with Crippen LogP contribution in [0.2, 0.25) is 5.02 Å². The average molecular weight is 377 g/mol. The average Bonchev–Trinajstić information content (AvgIpc) is 3.07. The summed E-state index contributed by atoms with van der Waals surface area (Å²) in [6.07, 6.45) is 1.42. The quantitative estimate of drug-likeness (QED) is 0.797. The lowest BCUT2D eigenvalue weighted by Gasteiger charge is -2.27. The molecule has 0 saturated heterocycles. The zero-order chi connectivity index (χ0) is 17.8. The van der Waals surface area contributed by atoms with Gasteiger partial charge in [-0.1, -0.05) is 23.7 Å². The van der Waals surface area contributed by atoms with E-state index in [1.165, 1.54) is 10.4 Å². The van der Waals surface area contributed by atoms with E-state index in [4.69, 9.17) is 11.6 Å². The maximum Gasteiger partial charge on any atom is 0.223 e. The molecule has 6 heteroatoms. The highest BCUT2D eigenvalue weighted by atomic mass is 35.5. The summed E-state index contributed by atoms with van der Waals surface area (Å²) in [5.74, 6) is 0.0305. The first-order valence-corrected chi connectivity index (χ1v) is 9.60. The zero-order valence-electron chi connectivity index (χ0n) is 14.2. The van der Waals surface area contributed by atoms with Gasteiger partial charge in [-0.25, -0.2) is 0 Å². The van der Waals surface area contributed by atoms with Gasteiger partial charge in [0, 0.05) is 49.4 Å². The largest absolute Gasteiger partial charge is 0.341 e. The molecule has 1 aromatic heterocycles. The molecule has 1 aromatic carbocycles. The summed E-state index contributed by atoms with van der Waals surface area (Å²) in [5, 5.41) is 2.74. The zero-order valence-corrected chi connectivity index (χ0v) is 15.8. The summed E-state index contributed by atoms with van der Waals surface area (Å²) in [5.41, 5.74) is 2.23. The van der Waals surface area contributed by atoms with Gasteiger partial charge in [0.2, 0.25) is 11.8 Å². The van der Waals surface area contributed by atoms with Gasteiger partial charge in [-0.2, -0.15) is 0 Å². The number of nitrogens with zero attached hydrogens (tertiary/aromatic N) is 2. The van der Waals surface area contributed by atoms with Gasteiger partial charge in [0.25, 0.3) is 0 Å². The second-order valence-electron chi connectivity index (χ2n) is 6.31. The minimum Gasteiger partial charge on any atom is -0.341 e. The molecule has 0 unspecified atom stereocenters. The molecule has 0 radical (unpaired) electrons. The Morgan fingerprint density at radius 3 is 2.92 bits per heavy atom. The Labute approximate surface area is 157 Å². The van der Waals surface area contributed by atoms with E-state index in [2.05, 4.69) is 11.4 Å². The minimum atomic E-state index is -0.0263. The van der Waals surface area contributed by atoms with Crippen LogP contribution in [0.3, 0.4) is 0 Å². The van der Waals surface area contributed by atoms with Crippen molar-refractivity contribution in [3.05, 3.63) is 56.7 Å². The first-order chi connectivity index (χ1) is 12.0. The Morgan fingerprint density at radius 2 is 2.12 bits per heavy atom. The van der Waals surface area contributed by atoms with Crippen molar-refractivity contribution in [1.82, 2.24) is 9.80 Å². The Balaban J connectivity index is 1.47. The number of benzene rings is 1. The van der Waals surface area contributed by atoms with E-state index in [9.17, 15) is 9.59 Å². The predicted octanol–water partition coefficient (Wildman–Crippen LogP) is 3.73. The lowest BCUT2D eigenvalue weighted by atomic mass is 10.1. The summed E-state index contributed by atoms with van der Waals surface area (Å²) in [6, 6.07) is 9.55. The highest BCUT2D eigenvalue weighted by molar-refractivity contribution is 7.10. The molecule has 3 rings (SSSR count). The van der Waals surface area contributed by atoms with Crippen LogP contribution in [0.5, 0.6) is 0 Å². The molecule has 0 spiro atoms. The maximum absolute atomic E-state index is 12.4. The summed E-state index contributed by atoms with van der Waals surface area (Å²) >= 11 is 7.73. The molecule has 1 aliphatic rings. The third-order valence-electron chi connectivity index (χ3n) is 4.45. The van der Waals surface area contributed by atoms with E-state index < -0.39 is 0 Å². The van der Waals surface area contributed by atoms with Crippen molar-refractivity contribution in [2.24, 2.45) is 0 Å². The van der Waals surface area contributed by atoms with Crippen LogP contribution < -0.4 is 0 Å². The molecule has 4 nitrogen and oxygen atoms in total. The lowest BCUT2D eigenvalue weighted by Crippen LogP contribution is -2.36. The number of hydrogen-bond donors (Lipinski definition) is 0. The van der Waals surface area contributed by atoms with Crippen LogP contribution in [0, 0.1) is 0 Å². The van der Waals surface area contributed by atoms with E-state index in [0.29, 0.717) is 18.1 Å². The molecule has 25 heavy (non-hydrogen) atoms. The van der Waals surface area contributed by atoms with Crippen molar-refractivity contribution < 1.29 is 9.59 Å². The number of rotatable bonds is 5. The van der Waals surface area contributed by atoms with Gasteiger partial charge in [0.05, 0.1) is 0 Å². The van der Waals surface area contributed by atoms with Gasteiger partial charge >= 0.3 is 0 Å². The molecule has 0 aliphatic carbocycles. The molecular weight excluding hydrogens is 356 g/mol.